The second kappa shape index (κ2) is 9.26. The van der Waals surface area contributed by atoms with E-state index < -0.39 is 37.4 Å². The molecular formula is C20H31N3O7S2. The third kappa shape index (κ3) is 5.09. The van der Waals surface area contributed by atoms with E-state index >= 15 is 0 Å². The molecule has 180 valence electrons. The maximum absolute atomic E-state index is 13.2. The van der Waals surface area contributed by atoms with Crippen molar-refractivity contribution in [3.63, 3.8) is 0 Å². The molecule has 1 atom stereocenters. The van der Waals surface area contributed by atoms with E-state index in [0.29, 0.717) is 30.6 Å². The summed E-state index contributed by atoms with van der Waals surface area (Å²) in [5, 5.41) is 0. The normalized spacial score (nSPS) is 22.3. The van der Waals surface area contributed by atoms with Gasteiger partial charge in [-0.25, -0.2) is 25.9 Å². The number of hydrogen-bond acceptors (Lipinski definition) is 8. The second-order valence-electron chi connectivity index (χ2n) is 8.58. The van der Waals surface area contributed by atoms with Crippen LogP contribution in [0.2, 0.25) is 0 Å². The van der Waals surface area contributed by atoms with E-state index in [9.17, 15) is 21.6 Å². The molecule has 2 saturated heterocycles. The molecule has 0 radical (unpaired) electrons. The molecule has 1 aromatic rings. The standard InChI is InChI=1S/C20H31N3O7S2/c1-5-30-17-7-6-16(23-19(24)15(2)13-31(23,25)26)12-18(17)32(27,28)21-14-20(3,4)22-8-10-29-11-9-22/h6-7,12,15,21H,5,8-11,13-14H2,1-4H3. The molecule has 0 spiro atoms. The number of rotatable bonds is 8. The van der Waals surface area contributed by atoms with Gasteiger partial charge in [0.2, 0.25) is 26.0 Å². The number of ether oxygens (including phenoxy) is 2. The number of sulfonamides is 2. The summed E-state index contributed by atoms with van der Waals surface area (Å²) in [5.41, 5.74) is -0.486. The Morgan fingerprint density at radius 1 is 1.25 bits per heavy atom. The molecule has 2 aliphatic heterocycles. The molecule has 3 rings (SSSR count). The molecule has 1 aromatic carbocycles. The molecule has 2 aliphatic rings. The number of morpholine rings is 1. The minimum Gasteiger partial charge on any atom is -0.492 e. The van der Waals surface area contributed by atoms with Crippen LogP contribution >= 0.6 is 0 Å². The minimum atomic E-state index is -4.07. The first-order chi connectivity index (χ1) is 14.9. The van der Waals surface area contributed by atoms with E-state index in [-0.39, 0.29) is 35.2 Å². The second-order valence-corrected chi connectivity index (χ2v) is 12.2. The van der Waals surface area contributed by atoms with Crippen LogP contribution in [0, 0.1) is 5.92 Å². The van der Waals surface area contributed by atoms with E-state index in [1.807, 2.05) is 13.8 Å². The first-order valence-corrected chi connectivity index (χ1v) is 13.6. The third-order valence-corrected chi connectivity index (χ3v) is 8.96. The van der Waals surface area contributed by atoms with Gasteiger partial charge in [-0.15, -0.1) is 0 Å². The summed E-state index contributed by atoms with van der Waals surface area (Å²) >= 11 is 0. The van der Waals surface area contributed by atoms with Crippen molar-refractivity contribution in [1.82, 2.24) is 9.62 Å². The Hall–Kier alpha value is -1.73. The van der Waals surface area contributed by atoms with Gasteiger partial charge in [0.05, 0.1) is 37.2 Å². The summed E-state index contributed by atoms with van der Waals surface area (Å²) in [4.78, 5) is 14.4. The van der Waals surface area contributed by atoms with Gasteiger partial charge < -0.3 is 9.47 Å². The minimum absolute atomic E-state index is 0.0179. The van der Waals surface area contributed by atoms with E-state index in [0.717, 1.165) is 0 Å². The lowest BCUT2D eigenvalue weighted by molar-refractivity contribution is -0.119. The molecule has 12 heteroatoms. The maximum atomic E-state index is 13.2. The van der Waals surface area contributed by atoms with Gasteiger partial charge in [0.1, 0.15) is 10.6 Å². The molecule has 2 fully saturated rings. The SMILES string of the molecule is CCOc1ccc(N2C(=O)C(C)CS2(=O)=O)cc1S(=O)(=O)NCC(C)(C)N1CCOCC1. The lowest BCUT2D eigenvalue weighted by Gasteiger charge is -2.40. The summed E-state index contributed by atoms with van der Waals surface area (Å²) in [6, 6.07) is 3.95. The first kappa shape index (κ1) is 24.9. The number of anilines is 1. The highest BCUT2D eigenvalue weighted by Crippen LogP contribution is 2.34. The number of hydrogen-bond donors (Lipinski definition) is 1. The Morgan fingerprint density at radius 2 is 1.91 bits per heavy atom. The zero-order chi connectivity index (χ0) is 23.7. The molecule has 10 nitrogen and oxygen atoms in total. The van der Waals surface area contributed by atoms with Crippen molar-refractivity contribution in [1.29, 1.82) is 0 Å². The first-order valence-electron chi connectivity index (χ1n) is 10.6. The van der Waals surface area contributed by atoms with Gasteiger partial charge in [-0.2, -0.15) is 0 Å². The lowest BCUT2D eigenvalue weighted by atomic mass is 10.0. The quantitative estimate of drug-likeness (QED) is 0.569. The fourth-order valence-corrected chi connectivity index (χ4v) is 7.00. The smallest absolute Gasteiger partial charge is 0.244 e. The Balaban J connectivity index is 1.92. The largest absolute Gasteiger partial charge is 0.492 e. The number of carbonyl (C=O) groups is 1. The molecule has 0 bridgehead atoms. The van der Waals surface area contributed by atoms with E-state index in [2.05, 4.69) is 9.62 Å². The molecule has 0 aromatic heterocycles. The van der Waals surface area contributed by atoms with Crippen LogP contribution in [0.25, 0.3) is 0 Å². The Bertz CT molecular complexity index is 1060. The van der Waals surface area contributed by atoms with Crippen molar-refractivity contribution in [2.24, 2.45) is 5.92 Å². The molecule has 0 saturated carbocycles. The van der Waals surface area contributed by atoms with Crippen molar-refractivity contribution in [2.75, 3.05) is 49.5 Å². The van der Waals surface area contributed by atoms with Gasteiger partial charge in [0.15, 0.2) is 0 Å². The highest BCUT2D eigenvalue weighted by Gasteiger charge is 2.42. The lowest BCUT2D eigenvalue weighted by Crippen LogP contribution is -2.55. The molecule has 2 heterocycles. The number of benzene rings is 1. The fraction of sp³-hybridized carbons (Fsp3) is 0.650. The number of amides is 1. The number of nitrogens with zero attached hydrogens (tertiary/aromatic N) is 2. The topological polar surface area (TPSA) is 122 Å². The predicted molar refractivity (Wildman–Crippen MR) is 120 cm³/mol. The van der Waals surface area contributed by atoms with Gasteiger partial charge in [0.25, 0.3) is 0 Å². The van der Waals surface area contributed by atoms with Crippen LogP contribution in [-0.4, -0.2) is 78.4 Å². The summed E-state index contributed by atoms with van der Waals surface area (Å²) in [5.74, 6) is -1.50. The Kier molecular flexibility index (Phi) is 7.20. The predicted octanol–water partition coefficient (Wildman–Crippen LogP) is 0.787. The van der Waals surface area contributed by atoms with Crippen molar-refractivity contribution in [3.05, 3.63) is 18.2 Å². The molecule has 0 aliphatic carbocycles. The number of nitrogens with one attached hydrogen (secondary N) is 1. The van der Waals surface area contributed by atoms with Crippen molar-refractivity contribution >= 4 is 31.6 Å². The Labute approximate surface area is 190 Å². The monoisotopic (exact) mass is 489 g/mol. The summed E-state index contributed by atoms with van der Waals surface area (Å²) in [6.07, 6.45) is 0. The van der Waals surface area contributed by atoms with Crippen LogP contribution in [0.4, 0.5) is 5.69 Å². The summed E-state index contributed by atoms with van der Waals surface area (Å²) in [6.45, 7) is 10.0. The molecule has 32 heavy (non-hydrogen) atoms. The van der Waals surface area contributed by atoms with Crippen LogP contribution < -0.4 is 13.8 Å². The highest BCUT2D eigenvalue weighted by atomic mass is 32.2. The van der Waals surface area contributed by atoms with E-state index in [4.69, 9.17) is 9.47 Å². The van der Waals surface area contributed by atoms with Gasteiger partial charge in [-0.3, -0.25) is 9.69 Å². The average molecular weight is 490 g/mol. The fourth-order valence-electron chi connectivity index (χ4n) is 3.82. The number of carbonyl (C=O) groups excluding carboxylic acids is 1. The zero-order valence-electron chi connectivity index (χ0n) is 18.8. The van der Waals surface area contributed by atoms with Gasteiger partial charge in [-0.05, 0) is 39.0 Å². The molecular weight excluding hydrogens is 458 g/mol. The van der Waals surface area contributed by atoms with Gasteiger partial charge >= 0.3 is 0 Å². The third-order valence-electron chi connectivity index (χ3n) is 5.67. The van der Waals surface area contributed by atoms with E-state index in [1.165, 1.54) is 25.1 Å². The van der Waals surface area contributed by atoms with Gasteiger partial charge in [-0.1, -0.05) is 6.92 Å². The van der Waals surface area contributed by atoms with Crippen LogP contribution in [0.3, 0.4) is 0 Å². The van der Waals surface area contributed by atoms with Crippen LogP contribution in [0.15, 0.2) is 23.1 Å². The Morgan fingerprint density at radius 3 is 2.47 bits per heavy atom. The molecule has 1 amide bonds. The average Bonchev–Trinajstić information content (AvgIpc) is 2.94. The van der Waals surface area contributed by atoms with Gasteiger partial charge in [0, 0.05) is 25.2 Å². The molecule has 1 N–H and O–H groups in total. The van der Waals surface area contributed by atoms with Crippen LogP contribution in [0.1, 0.15) is 27.7 Å². The van der Waals surface area contributed by atoms with Crippen molar-refractivity contribution in [2.45, 2.75) is 38.1 Å². The van der Waals surface area contributed by atoms with Crippen molar-refractivity contribution in [3.8, 4) is 5.75 Å². The zero-order valence-corrected chi connectivity index (χ0v) is 20.5. The summed E-state index contributed by atoms with van der Waals surface area (Å²) < 4.78 is 65.6. The van der Waals surface area contributed by atoms with Crippen LogP contribution in [0.5, 0.6) is 5.75 Å². The highest BCUT2D eigenvalue weighted by molar-refractivity contribution is 7.94. The maximum Gasteiger partial charge on any atom is 0.244 e. The van der Waals surface area contributed by atoms with Crippen LogP contribution in [-0.2, 0) is 29.6 Å². The summed E-state index contributed by atoms with van der Waals surface area (Å²) in [7, 11) is -7.94. The van der Waals surface area contributed by atoms with E-state index in [1.54, 1.807) is 6.92 Å². The molecule has 1 unspecified atom stereocenters. The van der Waals surface area contributed by atoms with Crippen molar-refractivity contribution < 1.29 is 31.1 Å².